The summed E-state index contributed by atoms with van der Waals surface area (Å²) in [5.41, 5.74) is 0.229. The number of hydrogen-bond acceptors (Lipinski definition) is 8. The maximum Gasteiger partial charge on any atom is 0.350 e. The number of hydrogen-bond donors (Lipinski definition) is 1. The molecule has 0 unspecified atom stereocenters. The Kier molecular flexibility index (Phi) is 6.97. The van der Waals surface area contributed by atoms with E-state index in [1.54, 1.807) is 13.0 Å². The lowest BCUT2D eigenvalue weighted by Gasteiger charge is -2.08. The monoisotopic (exact) mass is 332 g/mol. The van der Waals surface area contributed by atoms with E-state index in [0.717, 1.165) is 6.20 Å². The van der Waals surface area contributed by atoms with Gasteiger partial charge in [0.05, 0.1) is 32.0 Å². The van der Waals surface area contributed by atoms with Crippen molar-refractivity contribution in [2.45, 2.75) is 6.92 Å². The van der Waals surface area contributed by atoms with Crippen molar-refractivity contribution in [2.24, 2.45) is 0 Å². The van der Waals surface area contributed by atoms with Crippen LogP contribution in [0.2, 0.25) is 0 Å². The van der Waals surface area contributed by atoms with Gasteiger partial charge in [-0.2, -0.15) is 5.26 Å². The smallest absolute Gasteiger partial charge is 0.350 e. The Morgan fingerprint density at radius 1 is 1.12 bits per heavy atom. The predicted octanol–water partition coefficient (Wildman–Crippen LogP) is 1.64. The number of carbonyl (C=O) groups is 3. The molecule has 24 heavy (non-hydrogen) atoms. The zero-order valence-corrected chi connectivity index (χ0v) is 13.4. The number of nitriles is 1. The number of carbonyl (C=O) groups excluding carboxylic acids is 3. The van der Waals surface area contributed by atoms with E-state index < -0.39 is 17.9 Å². The first kappa shape index (κ1) is 18.7. The van der Waals surface area contributed by atoms with Crippen molar-refractivity contribution in [3.63, 3.8) is 0 Å². The van der Waals surface area contributed by atoms with Gasteiger partial charge in [0.2, 0.25) is 0 Å². The van der Waals surface area contributed by atoms with Gasteiger partial charge in [-0.3, -0.25) is 0 Å². The summed E-state index contributed by atoms with van der Waals surface area (Å²) in [5, 5.41) is 11.6. The molecule has 0 atom stereocenters. The molecule has 0 heterocycles. The van der Waals surface area contributed by atoms with Crippen molar-refractivity contribution in [1.82, 2.24) is 0 Å². The first-order valence-electron chi connectivity index (χ1n) is 6.82. The number of rotatable bonds is 6. The molecule has 0 saturated heterocycles. The second-order valence-corrected chi connectivity index (χ2v) is 4.32. The molecule has 8 nitrogen and oxygen atoms in total. The molecule has 0 aliphatic rings. The molecule has 0 fully saturated rings. The van der Waals surface area contributed by atoms with Crippen LogP contribution in [-0.2, 0) is 19.0 Å². The highest BCUT2D eigenvalue weighted by molar-refractivity contribution is 5.97. The average Bonchev–Trinajstić information content (AvgIpc) is 2.60. The Bertz CT molecular complexity index is 684. The molecule has 0 aliphatic heterocycles. The molecule has 0 spiro atoms. The van der Waals surface area contributed by atoms with E-state index in [1.807, 2.05) is 0 Å². The number of anilines is 1. The standard InChI is InChI=1S/C16H16N2O6/c1-4-24-16(21)12(8-17)9-18-13-6-10(14(19)22-2)5-11(7-13)15(20)23-3/h5-7,9,18H,4H2,1-3H3/b12-9+. The van der Waals surface area contributed by atoms with Crippen LogP contribution in [0.15, 0.2) is 30.0 Å². The highest BCUT2D eigenvalue weighted by atomic mass is 16.5. The van der Waals surface area contributed by atoms with Crippen LogP contribution in [0.3, 0.4) is 0 Å². The zero-order valence-electron chi connectivity index (χ0n) is 13.4. The molecule has 0 amide bonds. The Balaban J connectivity index is 3.18. The SMILES string of the molecule is CCOC(=O)/C(C#N)=C/Nc1cc(C(=O)OC)cc(C(=O)OC)c1. The number of esters is 3. The largest absolute Gasteiger partial charge is 0.465 e. The van der Waals surface area contributed by atoms with E-state index in [0.29, 0.717) is 0 Å². The lowest BCUT2D eigenvalue weighted by molar-refractivity contribution is -0.138. The van der Waals surface area contributed by atoms with Gasteiger partial charge < -0.3 is 19.5 Å². The highest BCUT2D eigenvalue weighted by Gasteiger charge is 2.14. The Labute approximate surface area is 138 Å². The van der Waals surface area contributed by atoms with Gasteiger partial charge in [0.25, 0.3) is 0 Å². The molecule has 0 aliphatic carbocycles. The lowest BCUT2D eigenvalue weighted by Crippen LogP contribution is -2.09. The fraction of sp³-hybridized carbons (Fsp3) is 0.250. The fourth-order valence-electron chi connectivity index (χ4n) is 1.68. The van der Waals surface area contributed by atoms with Crippen LogP contribution in [0.5, 0.6) is 0 Å². The van der Waals surface area contributed by atoms with E-state index in [4.69, 9.17) is 10.00 Å². The maximum absolute atomic E-state index is 11.7. The molecule has 1 aromatic rings. The molecule has 1 N–H and O–H groups in total. The van der Waals surface area contributed by atoms with Gasteiger partial charge in [0, 0.05) is 11.9 Å². The molecule has 126 valence electrons. The molecular formula is C16H16N2O6. The van der Waals surface area contributed by atoms with Crippen molar-refractivity contribution >= 4 is 23.6 Å². The van der Waals surface area contributed by atoms with Crippen LogP contribution in [0.25, 0.3) is 0 Å². The van der Waals surface area contributed by atoms with Crippen molar-refractivity contribution in [3.05, 3.63) is 41.1 Å². The molecule has 1 aromatic carbocycles. The molecule has 1 rings (SSSR count). The molecule has 0 radical (unpaired) electrons. The van der Waals surface area contributed by atoms with Gasteiger partial charge in [-0.1, -0.05) is 0 Å². The summed E-state index contributed by atoms with van der Waals surface area (Å²) in [6, 6.07) is 5.80. The quantitative estimate of drug-likeness (QED) is 0.362. The highest BCUT2D eigenvalue weighted by Crippen LogP contribution is 2.17. The first-order valence-corrected chi connectivity index (χ1v) is 6.82. The van der Waals surface area contributed by atoms with Gasteiger partial charge in [0.1, 0.15) is 6.07 Å². The van der Waals surface area contributed by atoms with Gasteiger partial charge >= 0.3 is 17.9 Å². The third-order valence-electron chi connectivity index (χ3n) is 2.77. The van der Waals surface area contributed by atoms with Crippen LogP contribution < -0.4 is 5.32 Å². The maximum atomic E-state index is 11.7. The van der Waals surface area contributed by atoms with E-state index >= 15 is 0 Å². The van der Waals surface area contributed by atoms with Crippen LogP contribution in [-0.4, -0.2) is 38.7 Å². The average molecular weight is 332 g/mol. The second kappa shape index (κ2) is 8.95. The van der Waals surface area contributed by atoms with Crippen LogP contribution in [0.1, 0.15) is 27.6 Å². The third kappa shape index (κ3) is 4.84. The first-order chi connectivity index (χ1) is 11.5. The minimum atomic E-state index is -0.787. The second-order valence-electron chi connectivity index (χ2n) is 4.32. The summed E-state index contributed by atoms with van der Waals surface area (Å²) >= 11 is 0. The summed E-state index contributed by atoms with van der Waals surface area (Å²) in [6.07, 6.45) is 1.12. The summed E-state index contributed by atoms with van der Waals surface area (Å²) < 4.78 is 14.0. The van der Waals surface area contributed by atoms with Crippen LogP contribution in [0, 0.1) is 11.3 Å². The van der Waals surface area contributed by atoms with E-state index in [2.05, 4.69) is 14.8 Å². The molecule has 0 aromatic heterocycles. The van der Waals surface area contributed by atoms with Crippen LogP contribution >= 0.6 is 0 Å². The summed E-state index contributed by atoms with van der Waals surface area (Å²) in [4.78, 5) is 34.9. The van der Waals surface area contributed by atoms with Crippen molar-refractivity contribution in [3.8, 4) is 6.07 Å². The number of nitrogens with zero attached hydrogens (tertiary/aromatic N) is 1. The number of methoxy groups -OCH3 is 2. The topological polar surface area (TPSA) is 115 Å². The number of benzene rings is 1. The minimum absolute atomic E-state index is 0.103. The zero-order chi connectivity index (χ0) is 18.1. The van der Waals surface area contributed by atoms with E-state index in [1.165, 1.54) is 32.4 Å². The third-order valence-corrected chi connectivity index (χ3v) is 2.77. The van der Waals surface area contributed by atoms with Gasteiger partial charge in [-0.05, 0) is 25.1 Å². The fourth-order valence-corrected chi connectivity index (χ4v) is 1.68. The van der Waals surface area contributed by atoms with Crippen molar-refractivity contribution in [1.29, 1.82) is 5.26 Å². The van der Waals surface area contributed by atoms with Crippen LogP contribution in [0.4, 0.5) is 5.69 Å². The van der Waals surface area contributed by atoms with Gasteiger partial charge in [-0.15, -0.1) is 0 Å². The summed E-state index contributed by atoms with van der Waals surface area (Å²) in [5.74, 6) is -2.10. The van der Waals surface area contributed by atoms with Gasteiger partial charge in [0.15, 0.2) is 5.57 Å². The van der Waals surface area contributed by atoms with E-state index in [-0.39, 0.29) is 29.0 Å². The molecular weight excluding hydrogens is 316 g/mol. The summed E-state index contributed by atoms with van der Waals surface area (Å²) in [6.45, 7) is 1.74. The Morgan fingerprint density at radius 2 is 1.67 bits per heavy atom. The lowest BCUT2D eigenvalue weighted by atomic mass is 10.1. The van der Waals surface area contributed by atoms with Crippen molar-refractivity contribution < 1.29 is 28.6 Å². The number of ether oxygens (including phenoxy) is 3. The van der Waals surface area contributed by atoms with Gasteiger partial charge in [-0.25, -0.2) is 14.4 Å². The number of nitrogens with one attached hydrogen (secondary N) is 1. The molecule has 0 bridgehead atoms. The molecule has 8 heteroatoms. The predicted molar refractivity (Wildman–Crippen MR) is 83.1 cm³/mol. The minimum Gasteiger partial charge on any atom is -0.465 e. The normalized spacial score (nSPS) is 10.3. The Hall–Kier alpha value is -3.34. The summed E-state index contributed by atoms with van der Waals surface area (Å²) in [7, 11) is 2.41. The Morgan fingerprint density at radius 3 is 2.08 bits per heavy atom. The van der Waals surface area contributed by atoms with Crippen molar-refractivity contribution in [2.75, 3.05) is 26.1 Å². The molecule has 0 saturated carbocycles. The van der Waals surface area contributed by atoms with E-state index in [9.17, 15) is 14.4 Å².